The Hall–Kier alpha value is -0.160. The first kappa shape index (κ1) is 7.94. The Morgan fingerprint density at radius 2 is 2.10 bits per heavy atom. The molecule has 1 aliphatic heterocycles. The molecule has 1 aliphatic rings. The van der Waals surface area contributed by atoms with E-state index in [1.54, 1.807) is 0 Å². The van der Waals surface area contributed by atoms with E-state index in [1.807, 2.05) is 0 Å². The summed E-state index contributed by atoms with van der Waals surface area (Å²) in [5, 5.41) is 6.47. The van der Waals surface area contributed by atoms with Gasteiger partial charge in [-0.05, 0) is 6.42 Å². The third-order valence-corrected chi connectivity index (χ3v) is 1.90. The number of rotatable bonds is 2. The highest BCUT2D eigenvalue weighted by atomic mass is 15.3. The molecule has 60 valence electrons. The lowest BCUT2D eigenvalue weighted by Gasteiger charge is -2.10. The monoisotopic (exact) mass is 144 g/mol. The van der Waals surface area contributed by atoms with E-state index in [1.165, 1.54) is 0 Å². The average molecular weight is 144 g/mol. The minimum absolute atomic E-state index is 0.0231. The Kier molecular flexibility index (Phi) is 2.62. The molecule has 0 aromatic rings. The highest BCUT2D eigenvalue weighted by Gasteiger charge is 2.27. The van der Waals surface area contributed by atoms with Crippen LogP contribution in [0, 0.1) is 0 Å². The third kappa shape index (κ3) is 1.46. The number of hydrogen-bond acceptors (Lipinski definition) is 4. The second-order valence-electron chi connectivity index (χ2n) is 2.66. The molecule has 0 spiro atoms. The van der Waals surface area contributed by atoms with Crippen molar-refractivity contribution in [1.82, 2.24) is 10.6 Å². The van der Waals surface area contributed by atoms with Crippen LogP contribution < -0.4 is 22.1 Å². The first-order valence-corrected chi connectivity index (χ1v) is 3.75. The van der Waals surface area contributed by atoms with Crippen LogP contribution in [0.5, 0.6) is 0 Å². The first-order valence-electron chi connectivity index (χ1n) is 3.75. The van der Waals surface area contributed by atoms with Crippen LogP contribution in [0.3, 0.4) is 0 Å². The molecule has 0 aromatic carbocycles. The molecule has 0 bridgehead atoms. The summed E-state index contributed by atoms with van der Waals surface area (Å²) in [7, 11) is 0. The lowest BCUT2D eigenvalue weighted by molar-refractivity contribution is 0.508. The van der Waals surface area contributed by atoms with Crippen molar-refractivity contribution in [3.63, 3.8) is 0 Å². The summed E-state index contributed by atoms with van der Waals surface area (Å²) in [6.45, 7) is 2.71. The van der Waals surface area contributed by atoms with E-state index in [9.17, 15) is 0 Å². The molecule has 4 heteroatoms. The van der Waals surface area contributed by atoms with Crippen molar-refractivity contribution in [1.29, 1.82) is 0 Å². The van der Waals surface area contributed by atoms with E-state index in [0.717, 1.165) is 6.42 Å². The molecule has 0 radical (unpaired) electrons. The van der Waals surface area contributed by atoms with Gasteiger partial charge in [0, 0.05) is 12.6 Å². The number of hydrogen-bond donors (Lipinski definition) is 4. The second kappa shape index (κ2) is 3.30. The Morgan fingerprint density at radius 1 is 1.40 bits per heavy atom. The smallest absolute Gasteiger partial charge is 0.0729 e. The van der Waals surface area contributed by atoms with Gasteiger partial charge in [-0.1, -0.05) is 6.92 Å². The topological polar surface area (TPSA) is 76.1 Å². The number of nitrogens with one attached hydrogen (secondary N) is 2. The largest absolute Gasteiger partial charge is 0.329 e. The summed E-state index contributed by atoms with van der Waals surface area (Å²) in [5.74, 6) is 0. The minimum atomic E-state index is 0.0231. The van der Waals surface area contributed by atoms with E-state index < -0.39 is 0 Å². The molecule has 1 fully saturated rings. The predicted octanol–water partition coefficient (Wildman–Crippen LogP) is -1.47. The van der Waals surface area contributed by atoms with Gasteiger partial charge in [-0.2, -0.15) is 0 Å². The van der Waals surface area contributed by atoms with Crippen LogP contribution in [0.25, 0.3) is 0 Å². The maximum atomic E-state index is 5.70. The Morgan fingerprint density at radius 3 is 2.40 bits per heavy atom. The van der Waals surface area contributed by atoms with Crippen molar-refractivity contribution < 1.29 is 0 Å². The average Bonchev–Trinajstić information content (AvgIpc) is 2.30. The summed E-state index contributed by atoms with van der Waals surface area (Å²) in [5.41, 5.74) is 11.2. The summed E-state index contributed by atoms with van der Waals surface area (Å²) < 4.78 is 0. The maximum absolute atomic E-state index is 5.70. The lowest BCUT2D eigenvalue weighted by Crippen LogP contribution is -2.45. The van der Waals surface area contributed by atoms with E-state index in [-0.39, 0.29) is 12.2 Å². The van der Waals surface area contributed by atoms with Gasteiger partial charge in [0.25, 0.3) is 0 Å². The molecule has 1 saturated heterocycles. The molecule has 3 unspecified atom stereocenters. The second-order valence-corrected chi connectivity index (χ2v) is 2.66. The molecule has 0 saturated carbocycles. The van der Waals surface area contributed by atoms with Crippen molar-refractivity contribution in [3.8, 4) is 0 Å². The van der Waals surface area contributed by atoms with Gasteiger partial charge >= 0.3 is 0 Å². The fourth-order valence-electron chi connectivity index (χ4n) is 1.21. The fourth-order valence-corrected chi connectivity index (χ4v) is 1.21. The molecular formula is C6H16N4. The summed E-state index contributed by atoms with van der Waals surface area (Å²) >= 11 is 0. The zero-order valence-electron chi connectivity index (χ0n) is 6.30. The van der Waals surface area contributed by atoms with E-state index >= 15 is 0 Å². The molecule has 3 atom stereocenters. The third-order valence-electron chi connectivity index (χ3n) is 1.90. The van der Waals surface area contributed by atoms with Crippen molar-refractivity contribution in [2.45, 2.75) is 31.7 Å². The molecular weight excluding hydrogens is 128 g/mol. The van der Waals surface area contributed by atoms with Gasteiger partial charge in [0.2, 0.25) is 0 Å². The van der Waals surface area contributed by atoms with Crippen LogP contribution in [-0.4, -0.2) is 24.9 Å². The SMILES string of the molecule is CCC1NC(N)C(CN)N1. The standard InChI is InChI=1S/C6H16N4/c1-2-5-9-4(3-7)6(8)10-5/h4-6,9-10H,2-3,7-8H2,1H3. The van der Waals surface area contributed by atoms with Gasteiger partial charge in [-0.15, -0.1) is 0 Å². The van der Waals surface area contributed by atoms with Gasteiger partial charge < -0.3 is 11.5 Å². The van der Waals surface area contributed by atoms with Gasteiger partial charge in [0.05, 0.1) is 12.3 Å². The highest BCUT2D eigenvalue weighted by Crippen LogP contribution is 2.00. The van der Waals surface area contributed by atoms with Crippen molar-refractivity contribution in [3.05, 3.63) is 0 Å². The van der Waals surface area contributed by atoms with E-state index in [0.29, 0.717) is 12.7 Å². The maximum Gasteiger partial charge on any atom is 0.0729 e. The summed E-state index contributed by atoms with van der Waals surface area (Å²) in [4.78, 5) is 0. The van der Waals surface area contributed by atoms with Gasteiger partial charge in [0.15, 0.2) is 0 Å². The van der Waals surface area contributed by atoms with Crippen LogP contribution >= 0.6 is 0 Å². The molecule has 10 heavy (non-hydrogen) atoms. The zero-order valence-corrected chi connectivity index (χ0v) is 6.30. The summed E-state index contributed by atoms with van der Waals surface area (Å²) in [6.07, 6.45) is 1.42. The minimum Gasteiger partial charge on any atom is -0.329 e. The quantitative estimate of drug-likeness (QED) is 0.381. The van der Waals surface area contributed by atoms with E-state index in [4.69, 9.17) is 11.5 Å². The van der Waals surface area contributed by atoms with Gasteiger partial charge in [-0.3, -0.25) is 10.6 Å². The molecule has 4 nitrogen and oxygen atoms in total. The Labute approximate surface area is 61.3 Å². The number of nitrogens with two attached hydrogens (primary N) is 2. The zero-order chi connectivity index (χ0) is 7.56. The van der Waals surface area contributed by atoms with Crippen molar-refractivity contribution in [2.24, 2.45) is 11.5 Å². The van der Waals surface area contributed by atoms with Crippen LogP contribution in [-0.2, 0) is 0 Å². The van der Waals surface area contributed by atoms with Crippen LogP contribution in [0.4, 0.5) is 0 Å². The van der Waals surface area contributed by atoms with Crippen molar-refractivity contribution >= 4 is 0 Å². The van der Waals surface area contributed by atoms with Crippen molar-refractivity contribution in [2.75, 3.05) is 6.54 Å². The Balaban J connectivity index is 2.36. The summed E-state index contributed by atoms with van der Waals surface area (Å²) in [6, 6.07) is 0.241. The molecule has 6 N–H and O–H groups in total. The Bertz CT molecular complexity index is 106. The van der Waals surface area contributed by atoms with Crippen LogP contribution in [0.15, 0.2) is 0 Å². The highest BCUT2D eigenvalue weighted by molar-refractivity contribution is 4.89. The molecule has 0 aliphatic carbocycles. The normalized spacial score (nSPS) is 40.5. The van der Waals surface area contributed by atoms with Gasteiger partial charge in [0.1, 0.15) is 0 Å². The van der Waals surface area contributed by atoms with Crippen LogP contribution in [0.2, 0.25) is 0 Å². The molecule has 0 amide bonds. The predicted molar refractivity (Wildman–Crippen MR) is 41.2 cm³/mol. The lowest BCUT2D eigenvalue weighted by atomic mass is 10.3. The molecule has 1 rings (SSSR count). The van der Waals surface area contributed by atoms with Crippen LogP contribution in [0.1, 0.15) is 13.3 Å². The van der Waals surface area contributed by atoms with E-state index in [2.05, 4.69) is 17.6 Å². The fraction of sp³-hybridized carbons (Fsp3) is 1.00. The molecule has 1 heterocycles. The first-order chi connectivity index (χ1) is 4.77. The van der Waals surface area contributed by atoms with Gasteiger partial charge in [-0.25, -0.2) is 0 Å². The molecule has 0 aromatic heterocycles.